The number of amides is 1. The van der Waals surface area contributed by atoms with E-state index in [4.69, 9.17) is 11.5 Å². The minimum absolute atomic E-state index is 0.154. The summed E-state index contributed by atoms with van der Waals surface area (Å²) in [7, 11) is 3.72. The fourth-order valence-electron chi connectivity index (χ4n) is 6.55. The molecule has 3 atom stereocenters. The Labute approximate surface area is 259 Å². The summed E-state index contributed by atoms with van der Waals surface area (Å²) in [5.41, 5.74) is 15.7. The maximum atomic E-state index is 13.7. The Kier molecular flexibility index (Phi) is 10.9. The number of nitrogens with zero attached hydrogens (tertiary/aromatic N) is 3. The number of nitrogens with one attached hydrogen (secondary N) is 2. The predicted octanol–water partition coefficient (Wildman–Crippen LogP) is 3.93. The van der Waals surface area contributed by atoms with E-state index in [2.05, 4.69) is 34.2 Å². The largest absolute Gasteiger partial charge is 0.405 e. The standard InChI is InChI=1S/C33H46F3N7O/c1-24(29-9-10-30(41(29)3)26(12-16-37)19-27(38)11-13-33(34,35)36)40-28(20-39-2)22-43-18-15-32(31(43)44)14-17-42(23-32)21-25-7-5-4-6-8-25/h4-9,12,16,19-20,27,30,39-40H,1,10-11,13-15,17-18,21-23,37-38H2,2-3H3/b16-12-,26-19+,28-20+. The lowest BCUT2D eigenvalue weighted by Gasteiger charge is -2.29. The van der Waals surface area contributed by atoms with E-state index in [1.165, 1.54) is 11.8 Å². The van der Waals surface area contributed by atoms with Gasteiger partial charge in [0.2, 0.25) is 5.91 Å². The van der Waals surface area contributed by atoms with Gasteiger partial charge in [0, 0.05) is 52.4 Å². The van der Waals surface area contributed by atoms with E-state index in [1.54, 1.807) is 12.2 Å². The Morgan fingerprint density at radius 2 is 1.95 bits per heavy atom. The Balaban J connectivity index is 1.35. The number of rotatable bonds is 13. The number of alkyl halides is 3. The van der Waals surface area contributed by atoms with Crippen LogP contribution in [0, 0.1) is 5.41 Å². The van der Waals surface area contributed by atoms with E-state index >= 15 is 0 Å². The van der Waals surface area contributed by atoms with Crippen molar-refractivity contribution in [1.29, 1.82) is 0 Å². The van der Waals surface area contributed by atoms with Crippen LogP contribution in [0.1, 0.15) is 37.7 Å². The second-order valence-electron chi connectivity index (χ2n) is 12.1. The number of likely N-dealkylation sites (N-methyl/N-ethyl adjacent to an activating group) is 1. The average Bonchev–Trinajstić information content (AvgIpc) is 3.65. The van der Waals surface area contributed by atoms with Crippen LogP contribution < -0.4 is 22.1 Å². The van der Waals surface area contributed by atoms with Gasteiger partial charge in [0.1, 0.15) is 0 Å². The molecule has 240 valence electrons. The van der Waals surface area contributed by atoms with Gasteiger partial charge in [-0.3, -0.25) is 9.69 Å². The Morgan fingerprint density at radius 3 is 2.64 bits per heavy atom. The van der Waals surface area contributed by atoms with Gasteiger partial charge in [-0.1, -0.05) is 49.1 Å². The van der Waals surface area contributed by atoms with Gasteiger partial charge in [-0.25, -0.2) is 0 Å². The van der Waals surface area contributed by atoms with E-state index in [0.717, 1.165) is 49.4 Å². The van der Waals surface area contributed by atoms with Crippen molar-refractivity contribution in [2.24, 2.45) is 16.9 Å². The molecule has 0 saturated carbocycles. The molecule has 3 heterocycles. The van der Waals surface area contributed by atoms with Crippen molar-refractivity contribution in [1.82, 2.24) is 25.3 Å². The quantitative estimate of drug-likeness (QED) is 0.250. The topological polar surface area (TPSA) is 103 Å². The maximum absolute atomic E-state index is 13.7. The van der Waals surface area contributed by atoms with Gasteiger partial charge in [0.25, 0.3) is 0 Å². The summed E-state index contributed by atoms with van der Waals surface area (Å²) < 4.78 is 38.1. The van der Waals surface area contributed by atoms with Crippen molar-refractivity contribution in [2.45, 2.75) is 56.9 Å². The summed E-state index contributed by atoms with van der Waals surface area (Å²) in [4.78, 5) is 20.0. The van der Waals surface area contributed by atoms with Crippen LogP contribution in [0.2, 0.25) is 0 Å². The summed E-state index contributed by atoms with van der Waals surface area (Å²) in [5.74, 6) is 0.199. The molecule has 1 spiro atoms. The zero-order valence-electron chi connectivity index (χ0n) is 25.7. The molecule has 3 unspecified atom stereocenters. The Morgan fingerprint density at radius 1 is 1.23 bits per heavy atom. The molecular formula is C33H46F3N7O. The van der Waals surface area contributed by atoms with Gasteiger partial charge in [0.15, 0.2) is 0 Å². The van der Waals surface area contributed by atoms with Crippen LogP contribution in [0.4, 0.5) is 13.2 Å². The number of nitrogens with two attached hydrogens (primary N) is 2. The number of carbonyl (C=O) groups excluding carboxylic acids is 1. The van der Waals surface area contributed by atoms with E-state index in [9.17, 15) is 18.0 Å². The van der Waals surface area contributed by atoms with Crippen molar-refractivity contribution in [3.8, 4) is 0 Å². The minimum Gasteiger partial charge on any atom is -0.405 e. The molecule has 2 saturated heterocycles. The highest BCUT2D eigenvalue weighted by molar-refractivity contribution is 5.85. The van der Waals surface area contributed by atoms with Crippen LogP contribution in [0.5, 0.6) is 0 Å². The van der Waals surface area contributed by atoms with Gasteiger partial charge < -0.3 is 31.9 Å². The first-order valence-electron chi connectivity index (χ1n) is 15.2. The summed E-state index contributed by atoms with van der Waals surface area (Å²) in [6, 6.07) is 9.45. The Bertz CT molecular complexity index is 1290. The number of likely N-dealkylation sites (tertiary alicyclic amines) is 2. The highest BCUT2D eigenvalue weighted by Gasteiger charge is 2.50. The second-order valence-corrected chi connectivity index (χ2v) is 12.1. The van der Waals surface area contributed by atoms with Crippen molar-refractivity contribution in [3.63, 3.8) is 0 Å². The van der Waals surface area contributed by atoms with Crippen LogP contribution in [-0.2, 0) is 11.3 Å². The number of hydrogen-bond donors (Lipinski definition) is 4. The first kappa shape index (κ1) is 33.2. The molecule has 2 fully saturated rings. The first-order valence-corrected chi connectivity index (χ1v) is 15.2. The average molecular weight is 614 g/mol. The molecule has 4 rings (SSSR count). The molecule has 0 aliphatic carbocycles. The first-order chi connectivity index (χ1) is 20.9. The van der Waals surface area contributed by atoms with Crippen molar-refractivity contribution in [2.75, 3.05) is 40.3 Å². The van der Waals surface area contributed by atoms with Gasteiger partial charge >= 0.3 is 6.18 Å². The Hall–Kier alpha value is -3.70. The third-order valence-electron chi connectivity index (χ3n) is 8.81. The van der Waals surface area contributed by atoms with Crippen LogP contribution in [0.3, 0.4) is 0 Å². The number of hydrogen-bond acceptors (Lipinski definition) is 7. The monoisotopic (exact) mass is 613 g/mol. The fraction of sp³-hybridized carbons (Fsp3) is 0.485. The predicted molar refractivity (Wildman–Crippen MR) is 168 cm³/mol. The van der Waals surface area contributed by atoms with Crippen LogP contribution in [0.15, 0.2) is 90.2 Å². The maximum Gasteiger partial charge on any atom is 0.389 e. The van der Waals surface area contributed by atoms with Crippen molar-refractivity contribution in [3.05, 3.63) is 95.8 Å². The van der Waals surface area contributed by atoms with E-state index in [1.807, 2.05) is 54.4 Å². The molecule has 1 amide bonds. The van der Waals surface area contributed by atoms with Gasteiger partial charge in [-0.15, -0.1) is 0 Å². The molecule has 0 radical (unpaired) electrons. The highest BCUT2D eigenvalue weighted by atomic mass is 19.4. The normalized spacial score (nSPS) is 24.1. The molecular weight excluding hydrogens is 567 g/mol. The zero-order valence-corrected chi connectivity index (χ0v) is 25.7. The van der Waals surface area contributed by atoms with Crippen LogP contribution in [0.25, 0.3) is 0 Å². The van der Waals surface area contributed by atoms with Crippen LogP contribution >= 0.6 is 0 Å². The number of halogens is 3. The summed E-state index contributed by atoms with van der Waals surface area (Å²) in [6.07, 6.45) is 5.53. The van der Waals surface area contributed by atoms with Gasteiger partial charge in [0.05, 0.1) is 35.1 Å². The summed E-state index contributed by atoms with van der Waals surface area (Å²) in [6.45, 7) is 7.93. The van der Waals surface area contributed by atoms with Crippen LogP contribution in [-0.4, -0.2) is 79.1 Å². The molecule has 1 aromatic rings. The molecule has 1 aromatic carbocycles. The van der Waals surface area contributed by atoms with Crippen molar-refractivity contribution >= 4 is 5.91 Å². The SMILES string of the molecule is C=C(N/C(=C/NC)CN1CCC2(CCN(Cc3ccccc3)C2)C1=O)C1=CCC(C(/C=C\N)=C/C(N)CCC(F)(F)F)N1C. The highest BCUT2D eigenvalue weighted by Crippen LogP contribution is 2.41. The molecule has 0 bridgehead atoms. The lowest BCUT2D eigenvalue weighted by molar-refractivity contribution is -0.136. The smallest absolute Gasteiger partial charge is 0.389 e. The zero-order chi connectivity index (χ0) is 31.9. The van der Waals surface area contributed by atoms with E-state index in [0.29, 0.717) is 25.2 Å². The third kappa shape index (κ3) is 8.26. The van der Waals surface area contributed by atoms with E-state index < -0.39 is 18.6 Å². The second kappa shape index (κ2) is 14.4. The minimum atomic E-state index is -4.25. The lowest BCUT2D eigenvalue weighted by atomic mass is 9.85. The number of benzene rings is 1. The summed E-state index contributed by atoms with van der Waals surface area (Å²) in [5, 5.41) is 6.48. The lowest BCUT2D eigenvalue weighted by Crippen LogP contribution is -2.39. The molecule has 44 heavy (non-hydrogen) atoms. The van der Waals surface area contributed by atoms with Crippen molar-refractivity contribution < 1.29 is 18.0 Å². The third-order valence-corrected chi connectivity index (χ3v) is 8.81. The van der Waals surface area contributed by atoms with Gasteiger partial charge in [-0.05, 0) is 55.6 Å². The molecule has 3 aliphatic rings. The van der Waals surface area contributed by atoms with E-state index in [-0.39, 0.29) is 23.8 Å². The molecule has 8 nitrogen and oxygen atoms in total. The molecule has 0 aromatic heterocycles. The molecule has 11 heteroatoms. The number of carbonyl (C=O) groups is 1. The fourth-order valence-corrected chi connectivity index (χ4v) is 6.55. The molecule has 3 aliphatic heterocycles. The summed E-state index contributed by atoms with van der Waals surface area (Å²) >= 11 is 0. The van der Waals surface area contributed by atoms with Gasteiger partial charge in [-0.2, -0.15) is 13.2 Å². The molecule has 6 N–H and O–H groups in total.